The Morgan fingerprint density at radius 3 is 2.55 bits per heavy atom. The summed E-state index contributed by atoms with van der Waals surface area (Å²) in [7, 11) is 0. The van der Waals surface area contributed by atoms with E-state index in [0.717, 1.165) is 21.4 Å². The van der Waals surface area contributed by atoms with Crippen LogP contribution in [0.3, 0.4) is 0 Å². The van der Waals surface area contributed by atoms with Gasteiger partial charge in [0.15, 0.2) is 0 Å². The summed E-state index contributed by atoms with van der Waals surface area (Å²) in [6.45, 7) is 5.55. The zero-order valence-corrected chi connectivity index (χ0v) is 18.0. The van der Waals surface area contributed by atoms with Crippen LogP contribution in [0.15, 0.2) is 53.6 Å². The van der Waals surface area contributed by atoms with Gasteiger partial charge in [-0.2, -0.15) is 0 Å². The number of nitrogens with one attached hydrogen (secondary N) is 1. The molecule has 0 aliphatic carbocycles. The van der Waals surface area contributed by atoms with Crippen molar-refractivity contribution in [2.45, 2.75) is 27.3 Å². The van der Waals surface area contributed by atoms with Crippen molar-refractivity contribution in [1.82, 2.24) is 19.2 Å². The van der Waals surface area contributed by atoms with E-state index in [1.807, 2.05) is 45.0 Å². The number of hydrogen-bond acceptors (Lipinski definition) is 5. The molecular weight excluding hydrogens is 418 g/mol. The lowest BCUT2D eigenvalue weighted by molar-refractivity contribution is -0.117. The molecule has 0 saturated heterocycles. The van der Waals surface area contributed by atoms with Crippen LogP contribution in [0, 0.1) is 20.8 Å². The van der Waals surface area contributed by atoms with E-state index in [9.17, 15) is 9.59 Å². The average Bonchev–Trinajstić information content (AvgIpc) is 3.00. The van der Waals surface area contributed by atoms with Gasteiger partial charge in [0.1, 0.15) is 12.3 Å². The first-order valence-corrected chi connectivity index (χ1v) is 9.94. The van der Waals surface area contributed by atoms with Crippen molar-refractivity contribution in [3.63, 3.8) is 0 Å². The number of aryl methyl sites for hydroxylation is 3. The van der Waals surface area contributed by atoms with Crippen LogP contribution in [0.2, 0.25) is 5.02 Å². The second-order valence-electron chi connectivity index (χ2n) is 7.32. The van der Waals surface area contributed by atoms with Gasteiger partial charge < -0.3 is 10.1 Å². The second-order valence-corrected chi connectivity index (χ2v) is 7.73. The third-order valence-corrected chi connectivity index (χ3v) is 4.88. The van der Waals surface area contributed by atoms with Crippen molar-refractivity contribution >= 4 is 28.8 Å². The molecule has 2 aromatic heterocycles. The largest absolute Gasteiger partial charge is 0.436 e. The molecule has 4 aromatic rings. The Balaban J connectivity index is 1.61. The molecule has 9 heteroatoms. The van der Waals surface area contributed by atoms with Crippen LogP contribution in [0.25, 0.3) is 5.65 Å². The van der Waals surface area contributed by atoms with Crippen molar-refractivity contribution in [2.75, 3.05) is 5.32 Å². The Labute approximate surface area is 183 Å². The van der Waals surface area contributed by atoms with E-state index in [4.69, 9.17) is 16.3 Å². The number of aromatic nitrogens is 4. The van der Waals surface area contributed by atoms with E-state index < -0.39 is 11.6 Å². The fourth-order valence-corrected chi connectivity index (χ4v) is 3.53. The Hall–Kier alpha value is -3.65. The summed E-state index contributed by atoms with van der Waals surface area (Å²) in [4.78, 5) is 29.4. The van der Waals surface area contributed by atoms with Gasteiger partial charge in [0.25, 0.3) is 5.88 Å². The lowest BCUT2D eigenvalue weighted by atomic mass is 10.1. The Kier molecular flexibility index (Phi) is 5.48. The number of hydrogen-bond donors (Lipinski definition) is 1. The molecule has 0 unspecified atom stereocenters. The number of rotatable bonds is 5. The summed E-state index contributed by atoms with van der Waals surface area (Å²) in [6.07, 6.45) is 2.93. The summed E-state index contributed by atoms with van der Waals surface area (Å²) < 4.78 is 8.23. The topological polar surface area (TPSA) is 90.5 Å². The molecular formula is C22H20ClN5O3. The van der Waals surface area contributed by atoms with Gasteiger partial charge >= 0.3 is 5.69 Å². The van der Waals surface area contributed by atoms with E-state index in [-0.39, 0.29) is 18.1 Å². The van der Waals surface area contributed by atoms with Gasteiger partial charge in [0.05, 0.1) is 10.7 Å². The highest BCUT2D eigenvalue weighted by atomic mass is 35.5. The molecule has 0 aliphatic rings. The van der Waals surface area contributed by atoms with Crippen LogP contribution in [-0.2, 0) is 11.3 Å². The maximum absolute atomic E-state index is 12.7. The van der Waals surface area contributed by atoms with Gasteiger partial charge in [-0.15, -0.1) is 5.10 Å². The number of nitrogens with zero attached hydrogens (tertiary/aromatic N) is 4. The number of carbonyl (C=O) groups excluding carboxylic acids is 1. The van der Waals surface area contributed by atoms with Gasteiger partial charge in [0.2, 0.25) is 11.6 Å². The van der Waals surface area contributed by atoms with E-state index in [0.29, 0.717) is 16.5 Å². The summed E-state index contributed by atoms with van der Waals surface area (Å²) in [5, 5.41) is 7.38. The molecule has 0 bridgehead atoms. The lowest BCUT2D eigenvalue weighted by Crippen LogP contribution is -2.28. The molecule has 0 fully saturated rings. The lowest BCUT2D eigenvalue weighted by Gasteiger charge is -2.07. The number of ether oxygens (including phenoxy) is 1. The average molecular weight is 438 g/mol. The number of carbonyl (C=O) groups is 1. The van der Waals surface area contributed by atoms with Gasteiger partial charge in [0, 0.05) is 12.4 Å². The molecule has 0 atom stereocenters. The smallest absolute Gasteiger partial charge is 0.351 e. The van der Waals surface area contributed by atoms with Crippen LogP contribution < -0.4 is 15.7 Å². The first kappa shape index (κ1) is 20.6. The second kappa shape index (κ2) is 8.23. The number of amides is 1. The summed E-state index contributed by atoms with van der Waals surface area (Å²) in [5.41, 5.74) is 3.26. The van der Waals surface area contributed by atoms with E-state index in [1.54, 1.807) is 12.1 Å². The first-order chi connectivity index (χ1) is 14.8. The maximum atomic E-state index is 12.7. The fourth-order valence-electron chi connectivity index (χ4n) is 3.25. The highest BCUT2D eigenvalue weighted by Gasteiger charge is 2.16. The van der Waals surface area contributed by atoms with Gasteiger partial charge in [-0.3, -0.25) is 4.79 Å². The number of anilines is 1. The predicted molar refractivity (Wildman–Crippen MR) is 118 cm³/mol. The van der Waals surface area contributed by atoms with Crippen molar-refractivity contribution in [3.8, 4) is 11.6 Å². The summed E-state index contributed by atoms with van der Waals surface area (Å²) in [5.74, 6) is 0.332. The number of halogens is 1. The van der Waals surface area contributed by atoms with Crippen LogP contribution >= 0.6 is 11.6 Å². The molecule has 1 amide bonds. The molecule has 0 aliphatic heterocycles. The zero-order valence-electron chi connectivity index (χ0n) is 17.2. The van der Waals surface area contributed by atoms with Crippen molar-refractivity contribution in [2.24, 2.45) is 0 Å². The van der Waals surface area contributed by atoms with Crippen LogP contribution in [0.1, 0.15) is 16.7 Å². The number of fused-ring (bicyclic) bond motifs is 1. The third kappa shape index (κ3) is 4.44. The van der Waals surface area contributed by atoms with Crippen LogP contribution in [-0.4, -0.2) is 25.1 Å². The molecule has 2 heterocycles. The van der Waals surface area contributed by atoms with E-state index in [1.165, 1.54) is 16.8 Å². The summed E-state index contributed by atoms with van der Waals surface area (Å²) >= 11 is 6.16. The SMILES string of the molecule is Cc1cc(C)cc(Oc2nccn3c(=O)n(CC(=O)Nc4ccc(C)cc4Cl)nc23)c1. The van der Waals surface area contributed by atoms with E-state index >= 15 is 0 Å². The number of benzene rings is 2. The quantitative estimate of drug-likeness (QED) is 0.511. The molecule has 31 heavy (non-hydrogen) atoms. The highest BCUT2D eigenvalue weighted by Crippen LogP contribution is 2.25. The van der Waals surface area contributed by atoms with Crippen molar-refractivity contribution < 1.29 is 9.53 Å². The standard InChI is InChI=1S/C22H20ClN5O3/c1-13-4-5-18(17(23)11-13)25-19(29)12-28-22(30)27-7-6-24-21(20(27)26-28)31-16-9-14(2)8-15(3)10-16/h4-11H,12H2,1-3H3,(H,25,29). The monoisotopic (exact) mass is 437 g/mol. The van der Waals surface area contributed by atoms with Crippen molar-refractivity contribution in [3.05, 3.63) is 81.0 Å². The van der Waals surface area contributed by atoms with Crippen LogP contribution in [0.4, 0.5) is 5.69 Å². The van der Waals surface area contributed by atoms with Crippen LogP contribution in [0.5, 0.6) is 11.6 Å². The molecule has 8 nitrogen and oxygen atoms in total. The zero-order chi connectivity index (χ0) is 22.1. The Morgan fingerprint density at radius 1 is 1.10 bits per heavy atom. The van der Waals surface area contributed by atoms with Gasteiger partial charge in [-0.05, 0) is 61.7 Å². The highest BCUT2D eigenvalue weighted by molar-refractivity contribution is 6.33. The van der Waals surface area contributed by atoms with Gasteiger partial charge in [-0.25, -0.2) is 18.9 Å². The molecule has 2 aromatic carbocycles. The fraction of sp³-hybridized carbons (Fsp3) is 0.182. The summed E-state index contributed by atoms with van der Waals surface area (Å²) in [6, 6.07) is 11.1. The Bertz CT molecular complexity index is 1340. The normalized spacial score (nSPS) is 11.0. The molecule has 0 radical (unpaired) electrons. The molecule has 158 valence electrons. The molecule has 0 spiro atoms. The molecule has 0 saturated carbocycles. The minimum absolute atomic E-state index is 0.172. The predicted octanol–water partition coefficient (Wildman–Crippen LogP) is 3.90. The first-order valence-electron chi connectivity index (χ1n) is 9.56. The Morgan fingerprint density at radius 2 is 1.84 bits per heavy atom. The molecule has 1 N–H and O–H groups in total. The minimum Gasteiger partial charge on any atom is -0.436 e. The maximum Gasteiger partial charge on any atom is 0.351 e. The third-order valence-electron chi connectivity index (χ3n) is 4.57. The van der Waals surface area contributed by atoms with Gasteiger partial charge in [-0.1, -0.05) is 23.7 Å². The van der Waals surface area contributed by atoms with E-state index in [2.05, 4.69) is 15.4 Å². The molecule has 4 rings (SSSR count). The minimum atomic E-state index is -0.479. The van der Waals surface area contributed by atoms with Crippen molar-refractivity contribution in [1.29, 1.82) is 0 Å².